The maximum Gasteiger partial charge on any atom is 0.193 e. The van der Waals surface area contributed by atoms with E-state index in [1.165, 1.54) is 13.2 Å². The number of alkyl halides is 1. The average Bonchev–Trinajstić information content (AvgIpc) is 2.74. The van der Waals surface area contributed by atoms with E-state index in [1.807, 2.05) is 6.07 Å². The average molecular weight is 451 g/mol. The number of allylic oxidation sites excluding steroid dienone is 1. The summed E-state index contributed by atoms with van der Waals surface area (Å²) in [6, 6.07) is 8.72. The quantitative estimate of drug-likeness (QED) is 0.303. The number of ketones is 1. The van der Waals surface area contributed by atoms with E-state index in [1.54, 1.807) is 51.7 Å². The number of benzene rings is 2. The van der Waals surface area contributed by atoms with Crippen molar-refractivity contribution in [3.8, 4) is 28.7 Å². The van der Waals surface area contributed by atoms with E-state index in [-0.39, 0.29) is 5.78 Å². The molecule has 0 N–H and O–H groups in total. The summed E-state index contributed by atoms with van der Waals surface area (Å²) >= 11 is 3.32. The third-order valence-corrected chi connectivity index (χ3v) is 4.23. The highest BCUT2D eigenvalue weighted by Gasteiger charge is 2.19. The lowest BCUT2D eigenvalue weighted by Crippen LogP contribution is -2.07. The Hall–Kier alpha value is -2.67. The van der Waals surface area contributed by atoms with Crippen molar-refractivity contribution >= 4 is 27.8 Å². The van der Waals surface area contributed by atoms with Gasteiger partial charge in [0.1, 0.15) is 22.8 Å². The molecule has 150 valence electrons. The van der Waals surface area contributed by atoms with Gasteiger partial charge in [-0.05, 0) is 23.8 Å². The molecule has 0 aliphatic carbocycles. The summed E-state index contributed by atoms with van der Waals surface area (Å²) in [5, 5.41) is 0.627. The topological polar surface area (TPSA) is 63.2 Å². The molecule has 7 heteroatoms. The zero-order valence-corrected chi connectivity index (χ0v) is 17.9. The van der Waals surface area contributed by atoms with Gasteiger partial charge < -0.3 is 23.7 Å². The third-order valence-electron chi connectivity index (χ3n) is 3.91. The first-order valence-corrected chi connectivity index (χ1v) is 9.59. The molecular weight excluding hydrogens is 428 g/mol. The molecule has 0 aromatic heterocycles. The van der Waals surface area contributed by atoms with Crippen LogP contribution in [0.15, 0.2) is 36.4 Å². The SMILES string of the molecule is COc1cc(OC)c(C(=O)C=Cc2ccc(OC)c(OC)c2)c(OCCBr)c1. The molecular formula is C21H23BrO6. The van der Waals surface area contributed by atoms with Crippen LogP contribution in [-0.2, 0) is 0 Å². The molecule has 6 nitrogen and oxygen atoms in total. The van der Waals surface area contributed by atoms with Gasteiger partial charge in [0.2, 0.25) is 0 Å². The highest BCUT2D eigenvalue weighted by atomic mass is 79.9. The number of rotatable bonds is 10. The van der Waals surface area contributed by atoms with Gasteiger partial charge >= 0.3 is 0 Å². The molecule has 0 unspecified atom stereocenters. The number of carbonyl (C=O) groups is 1. The van der Waals surface area contributed by atoms with E-state index in [0.717, 1.165) is 5.56 Å². The molecule has 2 rings (SSSR count). The predicted octanol–water partition coefficient (Wildman–Crippen LogP) is 4.39. The molecule has 2 aromatic rings. The van der Waals surface area contributed by atoms with Gasteiger partial charge in [-0.3, -0.25) is 4.79 Å². The molecule has 0 atom stereocenters. The summed E-state index contributed by atoms with van der Waals surface area (Å²) in [6.07, 6.45) is 3.16. The summed E-state index contributed by atoms with van der Waals surface area (Å²) in [4.78, 5) is 12.9. The van der Waals surface area contributed by atoms with Crippen molar-refractivity contribution in [1.29, 1.82) is 0 Å². The van der Waals surface area contributed by atoms with Crippen LogP contribution in [0.25, 0.3) is 6.08 Å². The van der Waals surface area contributed by atoms with Crippen LogP contribution in [0.2, 0.25) is 0 Å². The van der Waals surface area contributed by atoms with Gasteiger partial charge in [-0.1, -0.05) is 28.1 Å². The lowest BCUT2D eigenvalue weighted by Gasteiger charge is -2.14. The highest BCUT2D eigenvalue weighted by molar-refractivity contribution is 9.09. The number of ether oxygens (including phenoxy) is 5. The van der Waals surface area contributed by atoms with E-state index in [2.05, 4.69) is 15.9 Å². The van der Waals surface area contributed by atoms with Gasteiger partial charge in [0.25, 0.3) is 0 Å². The first-order valence-electron chi connectivity index (χ1n) is 8.47. The molecule has 0 bridgehead atoms. The molecule has 28 heavy (non-hydrogen) atoms. The Kier molecular flexibility index (Phi) is 8.19. The second-order valence-electron chi connectivity index (χ2n) is 5.55. The Balaban J connectivity index is 2.38. The molecule has 0 spiro atoms. The van der Waals surface area contributed by atoms with Crippen molar-refractivity contribution in [2.45, 2.75) is 0 Å². The van der Waals surface area contributed by atoms with E-state index in [0.29, 0.717) is 46.2 Å². The van der Waals surface area contributed by atoms with Gasteiger partial charge in [-0.2, -0.15) is 0 Å². The second-order valence-corrected chi connectivity index (χ2v) is 6.35. The number of carbonyl (C=O) groups excluding carboxylic acids is 1. The normalized spacial score (nSPS) is 10.6. The van der Waals surface area contributed by atoms with Crippen molar-refractivity contribution < 1.29 is 28.5 Å². The Labute approximate surface area is 173 Å². The van der Waals surface area contributed by atoms with Crippen LogP contribution in [-0.4, -0.2) is 46.2 Å². The van der Waals surface area contributed by atoms with Gasteiger partial charge in [-0.15, -0.1) is 0 Å². The zero-order valence-electron chi connectivity index (χ0n) is 16.3. The summed E-state index contributed by atoms with van der Waals surface area (Å²) in [7, 11) is 6.17. The van der Waals surface area contributed by atoms with Crippen LogP contribution in [0, 0.1) is 0 Å². The van der Waals surface area contributed by atoms with Crippen molar-refractivity contribution in [3.05, 3.63) is 47.5 Å². The Bertz CT molecular complexity index is 847. The summed E-state index contributed by atoms with van der Waals surface area (Å²) in [5.41, 5.74) is 1.13. The molecule has 0 saturated heterocycles. The van der Waals surface area contributed by atoms with E-state index in [4.69, 9.17) is 23.7 Å². The molecule has 0 fully saturated rings. The number of methoxy groups -OCH3 is 4. The molecule has 0 amide bonds. The molecule has 0 aliphatic heterocycles. The lowest BCUT2D eigenvalue weighted by atomic mass is 10.1. The third kappa shape index (κ3) is 5.19. The van der Waals surface area contributed by atoms with Crippen LogP contribution in [0.4, 0.5) is 0 Å². The first-order chi connectivity index (χ1) is 13.6. The molecule has 2 aromatic carbocycles. The first kappa shape index (κ1) is 21.6. The van der Waals surface area contributed by atoms with Gasteiger partial charge in [0, 0.05) is 17.5 Å². The smallest absolute Gasteiger partial charge is 0.193 e. The largest absolute Gasteiger partial charge is 0.496 e. The lowest BCUT2D eigenvalue weighted by molar-refractivity contribution is 0.104. The van der Waals surface area contributed by atoms with Crippen molar-refractivity contribution in [1.82, 2.24) is 0 Å². The molecule has 0 aliphatic rings. The standard InChI is InChI=1S/C21H23BrO6/c1-24-15-12-19(27-4)21(20(13-15)28-10-9-22)16(23)7-5-14-6-8-17(25-2)18(11-14)26-3/h5-8,11-13H,9-10H2,1-4H3. The Morgan fingerprint density at radius 3 is 2.18 bits per heavy atom. The minimum Gasteiger partial charge on any atom is -0.496 e. The zero-order chi connectivity index (χ0) is 20.5. The molecule has 0 radical (unpaired) electrons. The van der Waals surface area contributed by atoms with Crippen LogP contribution in [0.5, 0.6) is 28.7 Å². The van der Waals surface area contributed by atoms with Crippen LogP contribution < -0.4 is 23.7 Å². The maximum absolute atomic E-state index is 12.9. The van der Waals surface area contributed by atoms with Gasteiger partial charge in [-0.25, -0.2) is 0 Å². The predicted molar refractivity (Wildman–Crippen MR) is 112 cm³/mol. The monoisotopic (exact) mass is 450 g/mol. The Morgan fingerprint density at radius 1 is 0.893 bits per heavy atom. The summed E-state index contributed by atoms with van der Waals surface area (Å²) in [5.74, 6) is 2.28. The number of hydrogen-bond acceptors (Lipinski definition) is 6. The van der Waals surface area contributed by atoms with E-state index < -0.39 is 0 Å². The summed E-state index contributed by atoms with van der Waals surface area (Å²) < 4.78 is 26.9. The fourth-order valence-corrected chi connectivity index (χ4v) is 2.72. The van der Waals surface area contributed by atoms with Crippen LogP contribution in [0.1, 0.15) is 15.9 Å². The Morgan fingerprint density at radius 2 is 1.57 bits per heavy atom. The van der Waals surface area contributed by atoms with E-state index in [9.17, 15) is 4.79 Å². The minimum atomic E-state index is -0.251. The minimum absolute atomic E-state index is 0.251. The fraction of sp³-hybridized carbons (Fsp3) is 0.286. The van der Waals surface area contributed by atoms with Crippen molar-refractivity contribution in [3.63, 3.8) is 0 Å². The number of hydrogen-bond donors (Lipinski definition) is 0. The number of halogens is 1. The maximum atomic E-state index is 12.9. The molecule has 0 saturated carbocycles. The van der Waals surface area contributed by atoms with Crippen LogP contribution in [0.3, 0.4) is 0 Å². The summed E-state index contributed by atoms with van der Waals surface area (Å²) in [6.45, 7) is 0.399. The van der Waals surface area contributed by atoms with E-state index >= 15 is 0 Å². The van der Waals surface area contributed by atoms with Crippen molar-refractivity contribution in [2.75, 3.05) is 40.4 Å². The van der Waals surface area contributed by atoms with Gasteiger partial charge in [0.15, 0.2) is 17.3 Å². The van der Waals surface area contributed by atoms with Crippen molar-refractivity contribution in [2.24, 2.45) is 0 Å². The second kappa shape index (κ2) is 10.6. The molecule has 0 heterocycles. The highest BCUT2D eigenvalue weighted by Crippen LogP contribution is 2.35. The fourth-order valence-electron chi connectivity index (χ4n) is 2.56. The van der Waals surface area contributed by atoms with Gasteiger partial charge in [0.05, 0.1) is 35.0 Å². The van der Waals surface area contributed by atoms with Crippen LogP contribution >= 0.6 is 15.9 Å².